The highest BCUT2D eigenvalue weighted by molar-refractivity contribution is 6.34. The van der Waals surface area contributed by atoms with Crippen LogP contribution in [0.3, 0.4) is 0 Å². The van der Waals surface area contributed by atoms with Crippen molar-refractivity contribution in [3.05, 3.63) is 46.2 Å². The quantitative estimate of drug-likeness (QED) is 0.847. The van der Waals surface area contributed by atoms with Gasteiger partial charge < -0.3 is 5.32 Å². The number of nitrogens with zero attached hydrogens (tertiary/aromatic N) is 1. The van der Waals surface area contributed by atoms with E-state index in [4.69, 9.17) is 11.6 Å². The lowest BCUT2D eigenvalue weighted by Gasteiger charge is -2.08. The van der Waals surface area contributed by atoms with Gasteiger partial charge >= 0.3 is 0 Å². The molecule has 0 unspecified atom stereocenters. The summed E-state index contributed by atoms with van der Waals surface area (Å²) in [4.78, 5) is 23.5. The Labute approximate surface area is 115 Å². The van der Waals surface area contributed by atoms with Gasteiger partial charge in [-0.15, -0.1) is 0 Å². The van der Waals surface area contributed by atoms with Crippen molar-refractivity contribution in [2.45, 2.75) is 13.8 Å². The maximum atomic E-state index is 12.2. The summed E-state index contributed by atoms with van der Waals surface area (Å²) in [6.07, 6.45) is 1.39. The van der Waals surface area contributed by atoms with Crippen molar-refractivity contribution in [1.29, 1.82) is 0 Å². The third kappa shape index (κ3) is 2.66. The molecule has 98 valence electrons. The number of halogens is 1. The Hall–Kier alpha value is -2.14. The normalized spacial score (nSPS) is 10.3. The Morgan fingerprint density at radius 1 is 1.37 bits per heavy atom. The summed E-state index contributed by atoms with van der Waals surface area (Å²) >= 11 is 6.02. The molecule has 0 aliphatic heterocycles. The van der Waals surface area contributed by atoms with Crippen molar-refractivity contribution in [3.63, 3.8) is 0 Å². The molecule has 0 spiro atoms. The molecule has 0 bridgehead atoms. The van der Waals surface area contributed by atoms with Crippen LogP contribution in [0, 0.1) is 6.92 Å². The number of aryl methyl sites for hydroxylation is 1. The Kier molecular flexibility index (Phi) is 3.66. The van der Waals surface area contributed by atoms with Gasteiger partial charge in [-0.2, -0.15) is 5.10 Å². The molecule has 2 N–H and O–H groups in total. The second-order valence-electron chi connectivity index (χ2n) is 4.10. The van der Waals surface area contributed by atoms with E-state index >= 15 is 0 Å². The van der Waals surface area contributed by atoms with Gasteiger partial charge in [-0.05, 0) is 18.6 Å². The summed E-state index contributed by atoms with van der Waals surface area (Å²) in [5.41, 5.74) is 1.76. The minimum atomic E-state index is -0.369. The molecule has 0 aliphatic carbocycles. The molecule has 1 aromatic heterocycles. The molecule has 2 aromatic rings. The zero-order chi connectivity index (χ0) is 14.0. The van der Waals surface area contributed by atoms with Gasteiger partial charge in [0.25, 0.3) is 5.91 Å². The van der Waals surface area contributed by atoms with Gasteiger partial charge in [0, 0.05) is 6.92 Å². The number of carbonyl (C=O) groups is 2. The summed E-state index contributed by atoms with van der Waals surface area (Å²) in [6.45, 7) is 3.19. The molecule has 0 fully saturated rings. The molecule has 1 amide bonds. The highest BCUT2D eigenvalue weighted by Gasteiger charge is 2.17. The van der Waals surface area contributed by atoms with E-state index < -0.39 is 0 Å². The number of Topliss-reactive ketones (excluding diaryl/α,β-unsaturated/α-hetero) is 1. The standard InChI is InChI=1S/C13H12ClN3O2/c1-7-4-3-5-9(14)11(7)13(19)16-10-6-15-17-12(10)8(2)18/h3-6H,1-2H3,(H,15,17)(H,16,19). The molecule has 1 aromatic carbocycles. The maximum absolute atomic E-state index is 12.2. The number of anilines is 1. The lowest BCUT2D eigenvalue weighted by atomic mass is 10.1. The van der Waals surface area contributed by atoms with E-state index in [2.05, 4.69) is 15.5 Å². The summed E-state index contributed by atoms with van der Waals surface area (Å²) in [5, 5.41) is 9.28. The summed E-state index contributed by atoms with van der Waals surface area (Å²) in [7, 11) is 0. The molecule has 2 rings (SSSR count). The first-order valence-corrected chi connectivity index (χ1v) is 5.99. The van der Waals surface area contributed by atoms with E-state index in [0.29, 0.717) is 16.3 Å². The lowest BCUT2D eigenvalue weighted by molar-refractivity contribution is 0.101. The van der Waals surface area contributed by atoms with E-state index in [1.54, 1.807) is 25.1 Å². The number of aromatic nitrogens is 2. The first-order chi connectivity index (χ1) is 9.00. The van der Waals surface area contributed by atoms with Crippen LogP contribution < -0.4 is 5.32 Å². The molecule has 0 atom stereocenters. The smallest absolute Gasteiger partial charge is 0.257 e. The number of ketones is 1. The Morgan fingerprint density at radius 2 is 2.11 bits per heavy atom. The van der Waals surface area contributed by atoms with E-state index in [9.17, 15) is 9.59 Å². The van der Waals surface area contributed by atoms with Crippen LogP contribution in [-0.4, -0.2) is 21.9 Å². The predicted octanol–water partition coefficient (Wildman–Crippen LogP) is 2.83. The zero-order valence-electron chi connectivity index (χ0n) is 10.5. The highest BCUT2D eigenvalue weighted by Crippen LogP contribution is 2.21. The number of amides is 1. The summed E-state index contributed by atoms with van der Waals surface area (Å²) in [6, 6.07) is 5.21. The third-order valence-corrected chi connectivity index (χ3v) is 3.00. The number of hydrogen-bond donors (Lipinski definition) is 2. The molecule has 6 heteroatoms. The van der Waals surface area contributed by atoms with Crippen LogP contribution in [0.15, 0.2) is 24.4 Å². The van der Waals surface area contributed by atoms with Gasteiger partial charge in [-0.3, -0.25) is 14.7 Å². The fourth-order valence-corrected chi connectivity index (χ4v) is 2.06. The van der Waals surface area contributed by atoms with Gasteiger partial charge in [0.2, 0.25) is 0 Å². The number of H-pyrrole nitrogens is 1. The number of aromatic amines is 1. The van der Waals surface area contributed by atoms with E-state index in [-0.39, 0.29) is 17.4 Å². The van der Waals surface area contributed by atoms with Crippen LogP contribution in [0.4, 0.5) is 5.69 Å². The van der Waals surface area contributed by atoms with Gasteiger partial charge in [0.05, 0.1) is 22.5 Å². The number of rotatable bonds is 3. The van der Waals surface area contributed by atoms with Gasteiger partial charge in [-0.25, -0.2) is 0 Å². The van der Waals surface area contributed by atoms with Crippen molar-refractivity contribution >= 4 is 29.0 Å². The van der Waals surface area contributed by atoms with Crippen LogP contribution in [0.1, 0.15) is 33.3 Å². The Morgan fingerprint density at radius 3 is 2.74 bits per heavy atom. The average molecular weight is 278 g/mol. The molecule has 1 heterocycles. The van der Waals surface area contributed by atoms with Crippen LogP contribution in [-0.2, 0) is 0 Å². The number of carbonyl (C=O) groups excluding carboxylic acids is 2. The van der Waals surface area contributed by atoms with Crippen molar-refractivity contribution in [2.75, 3.05) is 5.32 Å². The number of hydrogen-bond acceptors (Lipinski definition) is 3. The van der Waals surface area contributed by atoms with Crippen LogP contribution in [0.25, 0.3) is 0 Å². The van der Waals surface area contributed by atoms with E-state index in [1.807, 2.05) is 0 Å². The second-order valence-corrected chi connectivity index (χ2v) is 4.51. The molecule has 0 radical (unpaired) electrons. The number of benzene rings is 1. The molecule has 0 saturated heterocycles. The minimum Gasteiger partial charge on any atom is -0.319 e. The molecule has 0 saturated carbocycles. The average Bonchev–Trinajstić information content (AvgIpc) is 2.76. The van der Waals surface area contributed by atoms with Crippen LogP contribution in [0.2, 0.25) is 5.02 Å². The third-order valence-electron chi connectivity index (χ3n) is 2.69. The lowest BCUT2D eigenvalue weighted by Crippen LogP contribution is -2.15. The molecule has 19 heavy (non-hydrogen) atoms. The highest BCUT2D eigenvalue weighted by atomic mass is 35.5. The summed E-state index contributed by atoms with van der Waals surface area (Å²) in [5.74, 6) is -0.573. The van der Waals surface area contributed by atoms with E-state index in [0.717, 1.165) is 5.56 Å². The Balaban J connectivity index is 2.31. The van der Waals surface area contributed by atoms with Gasteiger partial charge in [-0.1, -0.05) is 23.7 Å². The SMILES string of the molecule is CC(=O)c1[nH]ncc1NC(=O)c1c(C)cccc1Cl. The molecular formula is C13H12ClN3O2. The largest absolute Gasteiger partial charge is 0.319 e. The van der Waals surface area contributed by atoms with Crippen molar-refractivity contribution in [2.24, 2.45) is 0 Å². The van der Waals surface area contributed by atoms with Crippen LogP contribution in [0.5, 0.6) is 0 Å². The summed E-state index contributed by atoms with van der Waals surface area (Å²) < 4.78 is 0. The number of nitrogens with one attached hydrogen (secondary N) is 2. The van der Waals surface area contributed by atoms with E-state index in [1.165, 1.54) is 13.1 Å². The molecule has 5 nitrogen and oxygen atoms in total. The first kappa shape index (κ1) is 13.3. The minimum absolute atomic E-state index is 0.205. The van der Waals surface area contributed by atoms with Crippen molar-refractivity contribution in [1.82, 2.24) is 10.2 Å². The second kappa shape index (κ2) is 5.24. The topological polar surface area (TPSA) is 74.8 Å². The van der Waals surface area contributed by atoms with Gasteiger partial charge in [0.15, 0.2) is 5.78 Å². The van der Waals surface area contributed by atoms with Crippen molar-refractivity contribution in [3.8, 4) is 0 Å². The monoisotopic (exact) mass is 277 g/mol. The van der Waals surface area contributed by atoms with Gasteiger partial charge in [0.1, 0.15) is 5.69 Å². The van der Waals surface area contributed by atoms with Crippen molar-refractivity contribution < 1.29 is 9.59 Å². The maximum Gasteiger partial charge on any atom is 0.257 e. The van der Waals surface area contributed by atoms with Crippen LogP contribution >= 0.6 is 11.6 Å². The Bertz CT molecular complexity index is 629. The zero-order valence-corrected chi connectivity index (χ0v) is 11.2. The molecule has 0 aliphatic rings. The fraction of sp³-hybridized carbons (Fsp3) is 0.154. The fourth-order valence-electron chi connectivity index (χ4n) is 1.75. The predicted molar refractivity (Wildman–Crippen MR) is 72.7 cm³/mol. The first-order valence-electron chi connectivity index (χ1n) is 5.61. The molecular weight excluding hydrogens is 266 g/mol.